The lowest BCUT2D eigenvalue weighted by molar-refractivity contribution is 0.0383. The van der Waals surface area contributed by atoms with Crippen molar-refractivity contribution in [3.05, 3.63) is 29.6 Å². The van der Waals surface area contributed by atoms with Crippen molar-refractivity contribution < 1.29 is 13.9 Å². The van der Waals surface area contributed by atoms with Crippen molar-refractivity contribution in [1.82, 2.24) is 10.2 Å². The lowest BCUT2D eigenvalue weighted by atomic mass is 10.1. The molecule has 1 amide bonds. The van der Waals surface area contributed by atoms with Crippen molar-refractivity contribution in [2.45, 2.75) is 0 Å². The molecule has 2 rings (SSSR count). The Morgan fingerprint density at radius 2 is 2.15 bits per heavy atom. The average Bonchev–Trinajstić information content (AvgIpc) is 2.48. The Kier molecular flexibility index (Phi) is 5.31. The summed E-state index contributed by atoms with van der Waals surface area (Å²) in [5.41, 5.74) is 0.561. The first-order valence-corrected chi connectivity index (χ1v) is 6.77. The molecule has 20 heavy (non-hydrogen) atoms. The summed E-state index contributed by atoms with van der Waals surface area (Å²) < 4.78 is 18.8. The van der Waals surface area contributed by atoms with Gasteiger partial charge in [0.25, 0.3) is 5.91 Å². The summed E-state index contributed by atoms with van der Waals surface area (Å²) in [6, 6.07) is 4.47. The summed E-state index contributed by atoms with van der Waals surface area (Å²) in [5, 5.41) is 5.54. The molecule has 0 aliphatic carbocycles. The molecule has 0 unspecified atom stereocenters. The van der Waals surface area contributed by atoms with E-state index in [1.807, 2.05) is 0 Å². The second kappa shape index (κ2) is 7.21. The van der Waals surface area contributed by atoms with E-state index in [1.54, 1.807) is 13.1 Å². The number of nitrogens with zero attached hydrogens (tertiary/aromatic N) is 1. The van der Waals surface area contributed by atoms with E-state index in [4.69, 9.17) is 4.74 Å². The fraction of sp³-hybridized carbons (Fsp3) is 0.500. The highest BCUT2D eigenvalue weighted by molar-refractivity contribution is 5.99. The number of amides is 1. The van der Waals surface area contributed by atoms with Gasteiger partial charge >= 0.3 is 0 Å². The van der Waals surface area contributed by atoms with Crippen LogP contribution in [0.25, 0.3) is 0 Å². The van der Waals surface area contributed by atoms with Crippen LogP contribution in [-0.2, 0) is 4.74 Å². The van der Waals surface area contributed by atoms with E-state index in [0.29, 0.717) is 12.1 Å². The molecular weight excluding hydrogens is 261 g/mol. The average molecular weight is 281 g/mol. The summed E-state index contributed by atoms with van der Waals surface area (Å²) in [5.74, 6) is -0.685. The minimum Gasteiger partial charge on any atom is -0.385 e. The summed E-state index contributed by atoms with van der Waals surface area (Å²) in [6.45, 7) is 4.57. The lowest BCUT2D eigenvalue weighted by Crippen LogP contribution is -2.41. The van der Waals surface area contributed by atoms with Gasteiger partial charge in [0, 0.05) is 33.2 Å². The normalized spacial score (nSPS) is 15.9. The van der Waals surface area contributed by atoms with Crippen LogP contribution >= 0.6 is 0 Å². The zero-order valence-electron chi connectivity index (χ0n) is 11.6. The fourth-order valence-electron chi connectivity index (χ4n) is 2.21. The number of benzene rings is 1. The van der Waals surface area contributed by atoms with Crippen LogP contribution in [-0.4, -0.2) is 57.2 Å². The Morgan fingerprint density at radius 3 is 2.85 bits per heavy atom. The zero-order chi connectivity index (χ0) is 14.4. The Labute approximate surface area is 118 Å². The van der Waals surface area contributed by atoms with E-state index in [1.165, 1.54) is 12.1 Å². The third kappa shape index (κ3) is 3.68. The third-order valence-electron chi connectivity index (χ3n) is 3.33. The van der Waals surface area contributed by atoms with Crippen LogP contribution in [0.15, 0.2) is 18.2 Å². The first-order chi connectivity index (χ1) is 9.72. The van der Waals surface area contributed by atoms with Crippen molar-refractivity contribution in [2.24, 2.45) is 0 Å². The molecule has 1 heterocycles. The minimum absolute atomic E-state index is 0.233. The third-order valence-corrected chi connectivity index (χ3v) is 3.33. The number of anilines is 1. The monoisotopic (exact) mass is 281 g/mol. The molecule has 1 saturated heterocycles. The van der Waals surface area contributed by atoms with E-state index in [-0.39, 0.29) is 11.6 Å². The van der Waals surface area contributed by atoms with Crippen LogP contribution in [0.4, 0.5) is 10.1 Å². The molecule has 1 aromatic carbocycles. The Balaban J connectivity index is 1.87. The van der Waals surface area contributed by atoms with Crippen LogP contribution < -0.4 is 10.6 Å². The van der Waals surface area contributed by atoms with Gasteiger partial charge in [-0.15, -0.1) is 0 Å². The first-order valence-electron chi connectivity index (χ1n) is 6.77. The largest absolute Gasteiger partial charge is 0.385 e. The van der Waals surface area contributed by atoms with Gasteiger partial charge in [0.1, 0.15) is 5.82 Å². The maximum absolute atomic E-state index is 13.6. The molecule has 1 aliphatic rings. The Hall–Kier alpha value is -1.66. The topological polar surface area (TPSA) is 53.6 Å². The number of halogens is 1. The zero-order valence-corrected chi connectivity index (χ0v) is 11.6. The van der Waals surface area contributed by atoms with Crippen molar-refractivity contribution in [1.29, 1.82) is 0 Å². The smallest absolute Gasteiger partial charge is 0.253 e. The van der Waals surface area contributed by atoms with E-state index in [0.717, 1.165) is 32.8 Å². The Bertz CT molecular complexity index is 462. The van der Waals surface area contributed by atoms with Crippen molar-refractivity contribution in [3.8, 4) is 0 Å². The van der Waals surface area contributed by atoms with Crippen LogP contribution in [0.3, 0.4) is 0 Å². The predicted molar refractivity (Wildman–Crippen MR) is 75.5 cm³/mol. The molecule has 1 fully saturated rings. The fourth-order valence-corrected chi connectivity index (χ4v) is 2.21. The lowest BCUT2D eigenvalue weighted by Gasteiger charge is -2.26. The maximum Gasteiger partial charge on any atom is 0.253 e. The number of carbonyl (C=O) groups is 1. The minimum atomic E-state index is -0.423. The van der Waals surface area contributed by atoms with Gasteiger partial charge in [-0.05, 0) is 12.1 Å². The van der Waals surface area contributed by atoms with Gasteiger partial charge in [0.05, 0.1) is 24.5 Å². The highest BCUT2D eigenvalue weighted by Crippen LogP contribution is 2.18. The SMILES string of the molecule is CNc1c(F)cccc1C(=O)NCCN1CCOCC1. The van der Waals surface area contributed by atoms with E-state index < -0.39 is 5.82 Å². The maximum atomic E-state index is 13.6. The molecule has 0 atom stereocenters. The van der Waals surface area contributed by atoms with Crippen LogP contribution in [0, 0.1) is 5.82 Å². The van der Waals surface area contributed by atoms with Gasteiger partial charge in [0.2, 0.25) is 0 Å². The standard InChI is InChI=1S/C14H20FN3O2/c1-16-13-11(3-2-4-12(13)15)14(19)17-5-6-18-7-9-20-10-8-18/h2-4,16H,5-10H2,1H3,(H,17,19). The number of hydrogen-bond acceptors (Lipinski definition) is 4. The van der Waals surface area contributed by atoms with Gasteiger partial charge in [0.15, 0.2) is 0 Å². The molecule has 0 saturated carbocycles. The van der Waals surface area contributed by atoms with E-state index >= 15 is 0 Å². The van der Waals surface area contributed by atoms with Crippen LogP contribution in [0.1, 0.15) is 10.4 Å². The summed E-state index contributed by atoms with van der Waals surface area (Å²) in [7, 11) is 1.60. The first kappa shape index (κ1) is 14.7. The van der Waals surface area contributed by atoms with Gasteiger partial charge in [-0.1, -0.05) is 6.07 Å². The molecule has 6 heteroatoms. The molecule has 1 aromatic rings. The van der Waals surface area contributed by atoms with Gasteiger partial charge < -0.3 is 15.4 Å². The molecule has 2 N–H and O–H groups in total. The molecule has 0 bridgehead atoms. The Morgan fingerprint density at radius 1 is 1.40 bits per heavy atom. The van der Waals surface area contributed by atoms with Crippen molar-refractivity contribution in [3.63, 3.8) is 0 Å². The van der Waals surface area contributed by atoms with Crippen molar-refractivity contribution in [2.75, 3.05) is 51.8 Å². The molecule has 0 spiro atoms. The molecule has 1 aliphatic heterocycles. The second-order valence-corrected chi connectivity index (χ2v) is 4.62. The van der Waals surface area contributed by atoms with Gasteiger partial charge in [-0.3, -0.25) is 9.69 Å². The van der Waals surface area contributed by atoms with E-state index in [9.17, 15) is 9.18 Å². The molecular formula is C14H20FN3O2. The highest BCUT2D eigenvalue weighted by Gasteiger charge is 2.14. The number of rotatable bonds is 5. The quantitative estimate of drug-likeness (QED) is 0.843. The van der Waals surface area contributed by atoms with Crippen LogP contribution in [0.2, 0.25) is 0 Å². The van der Waals surface area contributed by atoms with E-state index in [2.05, 4.69) is 15.5 Å². The number of ether oxygens (including phenoxy) is 1. The summed E-state index contributed by atoms with van der Waals surface area (Å²) >= 11 is 0. The van der Waals surface area contributed by atoms with Gasteiger partial charge in [-0.25, -0.2) is 4.39 Å². The predicted octanol–water partition coefficient (Wildman–Crippen LogP) is 0.929. The number of morpholine rings is 1. The number of para-hydroxylation sites is 1. The molecule has 0 aromatic heterocycles. The number of carbonyl (C=O) groups excluding carboxylic acids is 1. The number of nitrogens with one attached hydrogen (secondary N) is 2. The molecule has 110 valence electrons. The van der Waals surface area contributed by atoms with Gasteiger partial charge in [-0.2, -0.15) is 0 Å². The highest BCUT2D eigenvalue weighted by atomic mass is 19.1. The second-order valence-electron chi connectivity index (χ2n) is 4.62. The van der Waals surface area contributed by atoms with Crippen LogP contribution in [0.5, 0.6) is 0 Å². The number of hydrogen-bond donors (Lipinski definition) is 2. The summed E-state index contributed by atoms with van der Waals surface area (Å²) in [4.78, 5) is 14.3. The molecule has 0 radical (unpaired) electrons. The summed E-state index contributed by atoms with van der Waals surface area (Å²) in [6.07, 6.45) is 0. The van der Waals surface area contributed by atoms with Crippen molar-refractivity contribution >= 4 is 11.6 Å². The molecule has 5 nitrogen and oxygen atoms in total.